The van der Waals surface area contributed by atoms with E-state index in [1.807, 2.05) is 0 Å². The molecule has 1 unspecified atom stereocenters. The molecule has 2 amide bonds. The van der Waals surface area contributed by atoms with Crippen molar-refractivity contribution in [3.05, 3.63) is 22.9 Å². The number of thioether (sulfide) groups is 1. The van der Waals surface area contributed by atoms with Gasteiger partial charge in [0.1, 0.15) is 0 Å². The van der Waals surface area contributed by atoms with E-state index in [2.05, 4.69) is 30.8 Å². The molecule has 0 aromatic carbocycles. The molecule has 2 atom stereocenters. The Balaban J connectivity index is 1.37. The van der Waals surface area contributed by atoms with Gasteiger partial charge in [-0.25, -0.2) is 9.97 Å². The molecule has 4 rings (SSSR count). The van der Waals surface area contributed by atoms with E-state index in [-0.39, 0.29) is 11.1 Å². The molecule has 3 N–H and O–H groups in total. The summed E-state index contributed by atoms with van der Waals surface area (Å²) in [7, 11) is 0. The number of nitrogens with one attached hydrogen (secondary N) is 3. The van der Waals surface area contributed by atoms with E-state index in [0.717, 1.165) is 56.8 Å². The van der Waals surface area contributed by atoms with Crippen molar-refractivity contribution in [2.24, 2.45) is 5.92 Å². The first kappa shape index (κ1) is 18.4. The second-order valence-corrected chi connectivity index (χ2v) is 8.27. The third-order valence-corrected chi connectivity index (χ3v) is 5.93. The largest absolute Gasteiger partial charge is 0.350 e. The zero-order chi connectivity index (χ0) is 18.6. The highest BCUT2D eigenvalue weighted by Crippen LogP contribution is 2.25. The fourth-order valence-electron chi connectivity index (χ4n) is 3.84. The van der Waals surface area contributed by atoms with E-state index in [1.165, 1.54) is 12.8 Å². The van der Waals surface area contributed by atoms with Crippen LogP contribution in [-0.2, 0) is 4.79 Å². The molecule has 0 spiro atoms. The summed E-state index contributed by atoms with van der Waals surface area (Å²) in [6.07, 6.45) is 6.83. The Morgan fingerprint density at radius 2 is 2.30 bits per heavy atom. The number of hydrogen-bond acceptors (Lipinski definition) is 8. The fraction of sp³-hybridized carbons (Fsp3) is 0.556. The van der Waals surface area contributed by atoms with Gasteiger partial charge in [-0.05, 0) is 68.7 Å². The number of carbonyl (C=O) groups excluding carboxylic acids is 2. The lowest BCUT2D eigenvalue weighted by Gasteiger charge is -2.34. The lowest BCUT2D eigenvalue weighted by molar-refractivity contribution is -0.115. The van der Waals surface area contributed by atoms with Crippen molar-refractivity contribution in [3.8, 4) is 0 Å². The quantitative estimate of drug-likeness (QED) is 0.649. The second kappa shape index (κ2) is 8.37. The molecule has 0 aliphatic carbocycles. The number of nitrogens with zero attached hydrogens (tertiary/aromatic N) is 3. The van der Waals surface area contributed by atoms with E-state index >= 15 is 0 Å². The number of carbonyl (C=O) groups is 2. The highest BCUT2D eigenvalue weighted by molar-refractivity contribution is 8.18. The summed E-state index contributed by atoms with van der Waals surface area (Å²) in [6.45, 7) is 5.57. The normalized spacial score (nSPS) is 27.9. The fourth-order valence-corrected chi connectivity index (χ4v) is 4.50. The lowest BCUT2D eigenvalue weighted by Crippen LogP contribution is -2.44. The highest BCUT2D eigenvalue weighted by atomic mass is 32.2. The molecule has 0 bridgehead atoms. The monoisotopic (exact) mass is 388 g/mol. The van der Waals surface area contributed by atoms with E-state index in [9.17, 15) is 9.59 Å². The number of aromatic nitrogens is 2. The molecule has 3 aliphatic heterocycles. The van der Waals surface area contributed by atoms with Crippen LogP contribution in [0, 0.1) is 5.92 Å². The number of anilines is 1. The van der Waals surface area contributed by atoms with Crippen LogP contribution in [0.4, 0.5) is 10.7 Å². The first-order chi connectivity index (χ1) is 13.2. The number of imide groups is 1. The standard InChI is InChI=1S/C18H24N6O2S/c25-16-15(27-18(26)23-16)8-13-4-6-20-17(21-13)22-14-2-1-7-24(11-14)10-12-3-5-19-9-12/h4,6,8,12,14,19H,1-3,5,7,9-11H2,(H,20,21,22)(H,23,25,26)/b15-8+/t12?,14-/m0/s1. The minimum atomic E-state index is -0.373. The Morgan fingerprint density at radius 1 is 1.37 bits per heavy atom. The van der Waals surface area contributed by atoms with Crippen LogP contribution in [0.3, 0.4) is 0 Å². The molecule has 1 aromatic rings. The van der Waals surface area contributed by atoms with Gasteiger partial charge in [-0.15, -0.1) is 0 Å². The molecular formula is C18H24N6O2S. The van der Waals surface area contributed by atoms with Crippen LogP contribution in [-0.4, -0.2) is 64.8 Å². The Kier molecular flexibility index (Phi) is 5.70. The molecule has 4 heterocycles. The Labute approximate surface area is 162 Å². The van der Waals surface area contributed by atoms with Gasteiger partial charge in [-0.3, -0.25) is 14.9 Å². The van der Waals surface area contributed by atoms with Crippen LogP contribution in [0.25, 0.3) is 6.08 Å². The molecular weight excluding hydrogens is 364 g/mol. The van der Waals surface area contributed by atoms with Gasteiger partial charge in [0.2, 0.25) is 5.95 Å². The SMILES string of the molecule is O=C1NC(=O)/C(=C\c2ccnc(N[C@H]3CCCN(CC4CCNC4)C3)n2)S1. The maximum atomic E-state index is 11.7. The van der Waals surface area contributed by atoms with E-state index in [4.69, 9.17) is 0 Å². The van der Waals surface area contributed by atoms with E-state index in [1.54, 1.807) is 18.3 Å². The first-order valence-corrected chi connectivity index (χ1v) is 10.2. The van der Waals surface area contributed by atoms with E-state index in [0.29, 0.717) is 22.6 Å². The Bertz CT molecular complexity index is 749. The van der Waals surface area contributed by atoms with Gasteiger partial charge in [0.25, 0.3) is 11.1 Å². The molecule has 0 radical (unpaired) electrons. The molecule has 3 fully saturated rings. The van der Waals surface area contributed by atoms with Crippen LogP contribution in [0.2, 0.25) is 0 Å². The number of piperidine rings is 1. The average molecular weight is 388 g/mol. The van der Waals surface area contributed by atoms with Crippen LogP contribution in [0.5, 0.6) is 0 Å². The molecule has 27 heavy (non-hydrogen) atoms. The average Bonchev–Trinajstić information content (AvgIpc) is 3.25. The second-order valence-electron chi connectivity index (χ2n) is 7.26. The van der Waals surface area contributed by atoms with Crippen molar-refractivity contribution in [2.45, 2.75) is 25.3 Å². The van der Waals surface area contributed by atoms with Gasteiger partial charge in [0.05, 0.1) is 10.6 Å². The summed E-state index contributed by atoms with van der Waals surface area (Å²) < 4.78 is 0. The summed E-state index contributed by atoms with van der Waals surface area (Å²) in [5, 5.41) is 8.77. The summed E-state index contributed by atoms with van der Waals surface area (Å²) in [6, 6.07) is 2.05. The zero-order valence-electron chi connectivity index (χ0n) is 15.1. The summed E-state index contributed by atoms with van der Waals surface area (Å²) in [5.74, 6) is 0.948. The Hall–Kier alpha value is -1.97. The summed E-state index contributed by atoms with van der Waals surface area (Å²) in [4.78, 5) is 34.7. The third kappa shape index (κ3) is 4.85. The van der Waals surface area contributed by atoms with Gasteiger partial charge >= 0.3 is 0 Å². The summed E-state index contributed by atoms with van der Waals surface area (Å²) >= 11 is 0.894. The van der Waals surface area contributed by atoms with Crippen molar-refractivity contribution >= 4 is 34.9 Å². The lowest BCUT2D eigenvalue weighted by atomic mass is 10.0. The predicted octanol–water partition coefficient (Wildman–Crippen LogP) is 1.29. The highest BCUT2D eigenvalue weighted by Gasteiger charge is 2.26. The molecule has 9 heteroatoms. The molecule has 144 valence electrons. The number of rotatable bonds is 5. The van der Waals surface area contributed by atoms with Gasteiger partial charge in [0.15, 0.2) is 0 Å². The van der Waals surface area contributed by atoms with Gasteiger partial charge < -0.3 is 15.5 Å². The van der Waals surface area contributed by atoms with Crippen LogP contribution in [0.15, 0.2) is 17.2 Å². The summed E-state index contributed by atoms with van der Waals surface area (Å²) in [5.41, 5.74) is 0.615. The number of hydrogen-bond donors (Lipinski definition) is 3. The van der Waals surface area contributed by atoms with Crippen molar-refractivity contribution in [3.63, 3.8) is 0 Å². The van der Waals surface area contributed by atoms with Crippen molar-refractivity contribution < 1.29 is 9.59 Å². The van der Waals surface area contributed by atoms with Crippen molar-refractivity contribution in [2.75, 3.05) is 38.0 Å². The topological polar surface area (TPSA) is 99.2 Å². The third-order valence-electron chi connectivity index (χ3n) is 5.12. The molecule has 3 saturated heterocycles. The minimum Gasteiger partial charge on any atom is -0.350 e. The van der Waals surface area contributed by atoms with Gasteiger partial charge in [-0.2, -0.15) is 0 Å². The maximum Gasteiger partial charge on any atom is 0.290 e. The molecule has 0 saturated carbocycles. The Morgan fingerprint density at radius 3 is 3.07 bits per heavy atom. The van der Waals surface area contributed by atoms with Crippen LogP contribution < -0.4 is 16.0 Å². The predicted molar refractivity (Wildman–Crippen MR) is 105 cm³/mol. The van der Waals surface area contributed by atoms with Crippen molar-refractivity contribution in [1.29, 1.82) is 0 Å². The molecule has 1 aromatic heterocycles. The number of amides is 2. The van der Waals surface area contributed by atoms with Crippen molar-refractivity contribution in [1.82, 2.24) is 25.5 Å². The molecule has 3 aliphatic rings. The maximum absolute atomic E-state index is 11.7. The van der Waals surface area contributed by atoms with Crippen LogP contribution in [0.1, 0.15) is 25.0 Å². The minimum absolute atomic E-state index is 0.321. The first-order valence-electron chi connectivity index (χ1n) is 9.43. The van der Waals surface area contributed by atoms with Crippen LogP contribution >= 0.6 is 11.8 Å². The molecule has 8 nitrogen and oxygen atoms in total. The zero-order valence-corrected chi connectivity index (χ0v) is 15.9. The van der Waals surface area contributed by atoms with Gasteiger partial charge in [-0.1, -0.05) is 0 Å². The van der Waals surface area contributed by atoms with Gasteiger partial charge in [0, 0.05) is 25.3 Å². The van der Waals surface area contributed by atoms with E-state index < -0.39 is 0 Å². The smallest absolute Gasteiger partial charge is 0.290 e. The number of likely N-dealkylation sites (tertiary alicyclic amines) is 1.